The minimum atomic E-state index is 0. The number of nitrogens with zero attached hydrogens (tertiary/aromatic N) is 2. The van der Waals surface area contributed by atoms with Gasteiger partial charge in [0.25, 0.3) is 0 Å². The monoisotopic (exact) mass is 551 g/mol. The van der Waals surface area contributed by atoms with E-state index < -0.39 is 0 Å². The quantitative estimate of drug-likeness (QED) is 0.284. The van der Waals surface area contributed by atoms with Gasteiger partial charge in [0, 0.05) is 55.2 Å². The molecular weight excluding hydrogens is 513 g/mol. The zero-order valence-electron chi connectivity index (χ0n) is 19.5. The molecule has 176 valence electrons. The third-order valence-electron chi connectivity index (χ3n) is 6.80. The number of para-hydroxylation sites is 1. The first-order valence-electron chi connectivity index (χ1n) is 12.0. The number of carbonyl (C=O) groups is 1. The van der Waals surface area contributed by atoms with Crippen molar-refractivity contribution in [2.75, 3.05) is 26.2 Å². The Bertz CT molecular complexity index is 918. The summed E-state index contributed by atoms with van der Waals surface area (Å²) in [6, 6.07) is 6.71. The van der Waals surface area contributed by atoms with Crippen molar-refractivity contribution in [3.05, 3.63) is 35.5 Å². The fourth-order valence-corrected chi connectivity index (χ4v) is 5.06. The van der Waals surface area contributed by atoms with Crippen molar-refractivity contribution in [3.8, 4) is 0 Å². The maximum absolute atomic E-state index is 12.8. The number of fused-ring (bicyclic) bond motifs is 1. The SMILES string of the molecule is CCNC(=NCCc1c[nH]c2c(C)cccc12)NC1CCN(C(=O)C2CCCCC2)C1.I. The lowest BCUT2D eigenvalue weighted by atomic mass is 9.88. The molecule has 2 aliphatic rings. The molecule has 1 aliphatic heterocycles. The Hall–Kier alpha value is -1.77. The molecule has 3 N–H and O–H groups in total. The third kappa shape index (κ3) is 5.97. The molecule has 0 radical (unpaired) electrons. The van der Waals surface area contributed by atoms with E-state index in [0.29, 0.717) is 5.91 Å². The third-order valence-corrected chi connectivity index (χ3v) is 6.80. The Labute approximate surface area is 209 Å². The van der Waals surface area contributed by atoms with Crippen molar-refractivity contribution in [3.63, 3.8) is 0 Å². The van der Waals surface area contributed by atoms with Gasteiger partial charge < -0.3 is 20.5 Å². The van der Waals surface area contributed by atoms with Crippen LogP contribution in [-0.2, 0) is 11.2 Å². The van der Waals surface area contributed by atoms with E-state index in [4.69, 9.17) is 4.99 Å². The molecule has 2 fully saturated rings. The molecule has 1 aromatic heterocycles. The largest absolute Gasteiger partial charge is 0.361 e. The van der Waals surface area contributed by atoms with Crippen molar-refractivity contribution >= 4 is 46.7 Å². The molecule has 2 aromatic rings. The minimum absolute atomic E-state index is 0. The second kappa shape index (κ2) is 11.9. The number of aryl methyl sites for hydroxylation is 1. The van der Waals surface area contributed by atoms with Crippen LogP contribution in [0.15, 0.2) is 29.4 Å². The van der Waals surface area contributed by atoms with Crippen LogP contribution < -0.4 is 10.6 Å². The Morgan fingerprint density at radius 3 is 2.81 bits per heavy atom. The van der Waals surface area contributed by atoms with Crippen LogP contribution in [0.1, 0.15) is 56.6 Å². The van der Waals surface area contributed by atoms with Gasteiger partial charge in [-0.25, -0.2) is 0 Å². The van der Waals surface area contributed by atoms with Gasteiger partial charge in [-0.2, -0.15) is 0 Å². The number of carbonyl (C=O) groups excluding carboxylic acids is 1. The van der Waals surface area contributed by atoms with Crippen molar-refractivity contribution in [1.29, 1.82) is 0 Å². The van der Waals surface area contributed by atoms with Gasteiger partial charge in [0.15, 0.2) is 5.96 Å². The van der Waals surface area contributed by atoms with Gasteiger partial charge in [0.05, 0.1) is 0 Å². The summed E-state index contributed by atoms with van der Waals surface area (Å²) >= 11 is 0. The first-order chi connectivity index (χ1) is 15.2. The number of likely N-dealkylation sites (tertiary alicyclic amines) is 1. The highest BCUT2D eigenvalue weighted by molar-refractivity contribution is 14.0. The highest BCUT2D eigenvalue weighted by Crippen LogP contribution is 2.27. The summed E-state index contributed by atoms with van der Waals surface area (Å²) in [6.07, 6.45) is 9.85. The molecular formula is C25H38IN5O. The summed E-state index contributed by atoms with van der Waals surface area (Å²) in [5, 5.41) is 8.23. The maximum Gasteiger partial charge on any atom is 0.225 e. The predicted octanol–water partition coefficient (Wildman–Crippen LogP) is 4.37. The van der Waals surface area contributed by atoms with Crippen LogP contribution in [0, 0.1) is 12.8 Å². The van der Waals surface area contributed by atoms with Gasteiger partial charge in [-0.05, 0) is 50.7 Å². The number of hydrogen-bond acceptors (Lipinski definition) is 2. The Morgan fingerprint density at radius 2 is 2.03 bits per heavy atom. The fraction of sp³-hybridized carbons (Fsp3) is 0.600. The van der Waals surface area contributed by atoms with Gasteiger partial charge in [-0.15, -0.1) is 24.0 Å². The van der Waals surface area contributed by atoms with E-state index >= 15 is 0 Å². The zero-order valence-corrected chi connectivity index (χ0v) is 21.8. The number of amides is 1. The average Bonchev–Trinajstić information content (AvgIpc) is 3.42. The Balaban J connectivity index is 0.00000289. The summed E-state index contributed by atoms with van der Waals surface area (Å²) in [6.45, 7) is 7.44. The number of guanidine groups is 1. The van der Waals surface area contributed by atoms with Crippen LogP contribution in [0.4, 0.5) is 0 Å². The smallest absolute Gasteiger partial charge is 0.225 e. The second-order valence-corrected chi connectivity index (χ2v) is 9.07. The highest BCUT2D eigenvalue weighted by Gasteiger charge is 2.31. The van der Waals surface area contributed by atoms with E-state index in [1.807, 2.05) is 0 Å². The summed E-state index contributed by atoms with van der Waals surface area (Å²) in [5.41, 5.74) is 3.81. The van der Waals surface area contributed by atoms with Gasteiger partial charge in [-0.1, -0.05) is 37.5 Å². The first-order valence-corrected chi connectivity index (χ1v) is 12.0. The number of nitrogens with one attached hydrogen (secondary N) is 3. The molecule has 1 aromatic carbocycles. The van der Waals surface area contributed by atoms with Crippen LogP contribution in [0.2, 0.25) is 0 Å². The normalized spacial score (nSPS) is 19.8. The number of aromatic nitrogens is 1. The van der Waals surface area contributed by atoms with Crippen LogP contribution >= 0.6 is 24.0 Å². The molecule has 1 amide bonds. The van der Waals surface area contributed by atoms with E-state index in [0.717, 1.165) is 57.8 Å². The van der Waals surface area contributed by atoms with Crippen LogP contribution in [0.3, 0.4) is 0 Å². The predicted molar refractivity (Wildman–Crippen MR) is 143 cm³/mol. The van der Waals surface area contributed by atoms with Crippen molar-refractivity contribution < 1.29 is 4.79 Å². The summed E-state index contributed by atoms with van der Waals surface area (Å²) in [4.78, 5) is 23.1. The molecule has 2 heterocycles. The standard InChI is InChI=1S/C25H37N5O.HI/c1-3-26-25(27-14-12-20-16-28-23-18(2)8-7-11-22(20)23)29-21-13-15-30(17-21)24(31)19-9-5-4-6-10-19;/h7-8,11,16,19,21,28H,3-6,9-10,12-15,17H2,1-2H3,(H2,26,27,29);1H. The molecule has 0 spiro atoms. The van der Waals surface area contributed by atoms with Crippen molar-refractivity contribution in [1.82, 2.24) is 20.5 Å². The van der Waals surface area contributed by atoms with Gasteiger partial charge >= 0.3 is 0 Å². The molecule has 1 saturated carbocycles. The number of halogens is 1. The van der Waals surface area contributed by atoms with Crippen LogP contribution in [-0.4, -0.2) is 54.0 Å². The van der Waals surface area contributed by atoms with Crippen molar-refractivity contribution in [2.24, 2.45) is 10.9 Å². The molecule has 1 saturated heterocycles. The number of benzene rings is 1. The number of aliphatic imine (C=N–C) groups is 1. The lowest BCUT2D eigenvalue weighted by Gasteiger charge is -2.26. The topological polar surface area (TPSA) is 72.5 Å². The number of aromatic amines is 1. The summed E-state index contributed by atoms with van der Waals surface area (Å²) in [5.74, 6) is 1.49. The summed E-state index contributed by atoms with van der Waals surface area (Å²) in [7, 11) is 0. The molecule has 1 atom stereocenters. The zero-order chi connectivity index (χ0) is 21.6. The molecule has 4 rings (SSSR count). The maximum atomic E-state index is 12.8. The number of hydrogen-bond donors (Lipinski definition) is 3. The van der Waals surface area contributed by atoms with E-state index in [1.165, 1.54) is 41.3 Å². The lowest BCUT2D eigenvalue weighted by molar-refractivity contribution is -0.135. The van der Waals surface area contributed by atoms with E-state index in [9.17, 15) is 4.79 Å². The molecule has 0 bridgehead atoms. The lowest BCUT2D eigenvalue weighted by Crippen LogP contribution is -2.45. The van der Waals surface area contributed by atoms with E-state index in [2.05, 4.69) is 58.8 Å². The van der Waals surface area contributed by atoms with Gasteiger partial charge in [0.1, 0.15) is 0 Å². The molecule has 6 nitrogen and oxygen atoms in total. The van der Waals surface area contributed by atoms with Crippen LogP contribution in [0.5, 0.6) is 0 Å². The fourth-order valence-electron chi connectivity index (χ4n) is 5.06. The minimum Gasteiger partial charge on any atom is -0.361 e. The van der Waals surface area contributed by atoms with Gasteiger partial charge in [-0.3, -0.25) is 9.79 Å². The van der Waals surface area contributed by atoms with Crippen molar-refractivity contribution in [2.45, 2.75) is 64.8 Å². The van der Waals surface area contributed by atoms with E-state index in [1.54, 1.807) is 0 Å². The molecule has 7 heteroatoms. The first kappa shape index (κ1) is 24.9. The highest BCUT2D eigenvalue weighted by atomic mass is 127. The summed E-state index contributed by atoms with van der Waals surface area (Å²) < 4.78 is 0. The Morgan fingerprint density at radius 1 is 1.22 bits per heavy atom. The number of H-pyrrole nitrogens is 1. The molecule has 32 heavy (non-hydrogen) atoms. The van der Waals surface area contributed by atoms with E-state index in [-0.39, 0.29) is 35.9 Å². The van der Waals surface area contributed by atoms with Gasteiger partial charge in [0.2, 0.25) is 5.91 Å². The Kier molecular flexibility index (Phi) is 9.25. The molecule has 1 unspecified atom stereocenters. The second-order valence-electron chi connectivity index (χ2n) is 9.07. The van der Waals surface area contributed by atoms with Crippen LogP contribution in [0.25, 0.3) is 10.9 Å². The molecule has 1 aliphatic carbocycles. The average molecular weight is 552 g/mol. The number of rotatable bonds is 6.